The highest BCUT2D eigenvalue weighted by Gasteiger charge is 2.41. The first-order chi connectivity index (χ1) is 22.6. The maximum Gasteiger partial charge on any atom is 0.127 e. The predicted molar refractivity (Wildman–Crippen MR) is 190 cm³/mol. The third kappa shape index (κ3) is 6.63. The second-order valence-electron chi connectivity index (χ2n) is 14.2. The number of ether oxygens (including phenoxy) is 2. The van der Waals surface area contributed by atoms with Gasteiger partial charge in [0.05, 0.1) is 0 Å². The van der Waals surface area contributed by atoms with Crippen LogP contribution in [0.15, 0.2) is 84.9 Å². The Kier molecular flexibility index (Phi) is 9.23. The molecule has 4 aromatic rings. The summed E-state index contributed by atoms with van der Waals surface area (Å²) in [6, 6.07) is 29.7. The van der Waals surface area contributed by atoms with E-state index in [9.17, 15) is 0 Å². The first-order valence-electron chi connectivity index (χ1n) is 17.9. The molecule has 4 aromatic carbocycles. The molecule has 0 bridgehead atoms. The Hall–Kier alpha value is -3.92. The molecule has 0 saturated heterocycles. The first kappa shape index (κ1) is 30.7. The molecule has 3 aliphatic carbocycles. The van der Waals surface area contributed by atoms with Gasteiger partial charge in [0, 0.05) is 16.8 Å². The second kappa shape index (κ2) is 13.8. The highest BCUT2D eigenvalue weighted by molar-refractivity contribution is 5.54. The van der Waals surface area contributed by atoms with E-state index in [2.05, 4.69) is 36.4 Å². The van der Waals surface area contributed by atoms with Crippen molar-refractivity contribution in [2.24, 2.45) is 0 Å². The number of anilines is 2. The molecule has 0 aliphatic heterocycles. The van der Waals surface area contributed by atoms with Crippen molar-refractivity contribution >= 4 is 11.4 Å². The summed E-state index contributed by atoms with van der Waals surface area (Å²) in [4.78, 5) is 0. The lowest BCUT2D eigenvalue weighted by Crippen LogP contribution is -2.34. The molecular formula is C42H50N2O2. The Bertz CT molecular complexity index is 1480. The van der Waals surface area contributed by atoms with Crippen LogP contribution in [0.3, 0.4) is 0 Å². The molecule has 0 radical (unpaired) electrons. The maximum atomic E-state index is 6.46. The Morgan fingerprint density at radius 1 is 0.435 bits per heavy atom. The van der Waals surface area contributed by atoms with E-state index in [-0.39, 0.29) is 5.41 Å². The largest absolute Gasteiger partial charge is 0.457 e. The minimum Gasteiger partial charge on any atom is -0.457 e. The monoisotopic (exact) mass is 614 g/mol. The van der Waals surface area contributed by atoms with Gasteiger partial charge in [-0.2, -0.15) is 0 Å². The molecule has 0 heterocycles. The summed E-state index contributed by atoms with van der Waals surface area (Å²) in [7, 11) is 0. The van der Waals surface area contributed by atoms with E-state index in [1.807, 2.05) is 48.5 Å². The third-order valence-corrected chi connectivity index (χ3v) is 11.1. The van der Waals surface area contributed by atoms with Gasteiger partial charge in [0.2, 0.25) is 0 Å². The van der Waals surface area contributed by atoms with E-state index in [1.54, 1.807) is 11.1 Å². The Balaban J connectivity index is 1.34. The van der Waals surface area contributed by atoms with Gasteiger partial charge in [-0.25, -0.2) is 0 Å². The lowest BCUT2D eigenvalue weighted by molar-refractivity contribution is 0.331. The normalized spacial score (nSPS) is 19.0. The maximum absolute atomic E-state index is 6.46. The van der Waals surface area contributed by atoms with Crippen molar-refractivity contribution in [1.82, 2.24) is 0 Å². The second-order valence-corrected chi connectivity index (χ2v) is 14.2. The molecule has 0 atom stereocenters. The number of nitrogens with two attached hydrogens (primary N) is 2. The summed E-state index contributed by atoms with van der Waals surface area (Å²) in [6.07, 6.45) is 19.2. The van der Waals surface area contributed by atoms with Gasteiger partial charge in [-0.05, 0) is 145 Å². The molecule has 3 saturated carbocycles. The number of hydrogen-bond donors (Lipinski definition) is 2. The van der Waals surface area contributed by atoms with Crippen LogP contribution >= 0.6 is 0 Å². The molecule has 7 rings (SSSR count). The first-order valence-corrected chi connectivity index (χ1v) is 17.9. The molecule has 0 unspecified atom stereocenters. The molecule has 0 aromatic heterocycles. The minimum atomic E-state index is -0.00271. The molecule has 3 aliphatic rings. The number of rotatable bonds is 8. The van der Waals surface area contributed by atoms with Crippen molar-refractivity contribution in [2.75, 3.05) is 11.5 Å². The van der Waals surface area contributed by atoms with Crippen molar-refractivity contribution in [3.63, 3.8) is 0 Å². The zero-order valence-corrected chi connectivity index (χ0v) is 27.3. The summed E-state index contributed by atoms with van der Waals surface area (Å²) in [5, 5.41) is 0. The minimum absolute atomic E-state index is 0.00271. The van der Waals surface area contributed by atoms with Crippen LogP contribution in [0.4, 0.5) is 11.4 Å². The molecule has 3 fully saturated rings. The van der Waals surface area contributed by atoms with E-state index in [4.69, 9.17) is 20.9 Å². The van der Waals surface area contributed by atoms with Gasteiger partial charge in [0.25, 0.3) is 0 Å². The molecular weight excluding hydrogens is 564 g/mol. The average Bonchev–Trinajstić information content (AvgIpc) is 3.11. The van der Waals surface area contributed by atoms with Gasteiger partial charge >= 0.3 is 0 Å². The fraction of sp³-hybridized carbons (Fsp3) is 0.429. The van der Waals surface area contributed by atoms with Crippen molar-refractivity contribution in [3.05, 3.63) is 107 Å². The van der Waals surface area contributed by atoms with Crippen molar-refractivity contribution in [1.29, 1.82) is 0 Å². The van der Waals surface area contributed by atoms with Crippen LogP contribution in [0.5, 0.6) is 23.0 Å². The van der Waals surface area contributed by atoms with Crippen molar-refractivity contribution in [3.8, 4) is 23.0 Å². The molecule has 240 valence electrons. The van der Waals surface area contributed by atoms with Crippen LogP contribution in [0.2, 0.25) is 0 Å². The van der Waals surface area contributed by atoms with Gasteiger partial charge in [-0.15, -0.1) is 0 Å². The summed E-state index contributed by atoms with van der Waals surface area (Å²) < 4.78 is 12.9. The highest BCUT2D eigenvalue weighted by Crippen LogP contribution is 2.53. The van der Waals surface area contributed by atoms with E-state index >= 15 is 0 Å². The number of hydrogen-bond acceptors (Lipinski definition) is 4. The summed E-state index contributed by atoms with van der Waals surface area (Å²) >= 11 is 0. The molecule has 4 heteroatoms. The van der Waals surface area contributed by atoms with Gasteiger partial charge in [0.1, 0.15) is 23.0 Å². The molecule has 4 N–H and O–H groups in total. The topological polar surface area (TPSA) is 70.5 Å². The molecule has 46 heavy (non-hydrogen) atoms. The lowest BCUT2D eigenvalue weighted by atomic mass is 9.60. The van der Waals surface area contributed by atoms with Gasteiger partial charge < -0.3 is 20.9 Å². The fourth-order valence-corrected chi connectivity index (χ4v) is 8.77. The van der Waals surface area contributed by atoms with E-state index in [0.717, 1.165) is 34.4 Å². The number of benzene rings is 4. The summed E-state index contributed by atoms with van der Waals surface area (Å²) in [6.45, 7) is 0. The number of nitrogen functional groups attached to an aromatic ring is 2. The zero-order chi connectivity index (χ0) is 31.3. The van der Waals surface area contributed by atoms with Crippen LogP contribution in [-0.4, -0.2) is 0 Å². The summed E-state index contributed by atoms with van der Waals surface area (Å²) in [5.41, 5.74) is 19.6. The fourth-order valence-electron chi connectivity index (χ4n) is 8.77. The van der Waals surface area contributed by atoms with Crippen LogP contribution in [0.1, 0.15) is 130 Å². The Morgan fingerprint density at radius 2 is 0.804 bits per heavy atom. The smallest absolute Gasteiger partial charge is 0.127 e. The van der Waals surface area contributed by atoms with Gasteiger partial charge in [0.15, 0.2) is 0 Å². The van der Waals surface area contributed by atoms with Gasteiger partial charge in [-0.1, -0.05) is 69.9 Å². The van der Waals surface area contributed by atoms with E-state index in [0.29, 0.717) is 11.8 Å². The van der Waals surface area contributed by atoms with E-state index in [1.165, 1.54) is 107 Å². The Labute approximate surface area is 275 Å². The third-order valence-electron chi connectivity index (χ3n) is 11.1. The highest BCUT2D eigenvalue weighted by atomic mass is 16.5. The van der Waals surface area contributed by atoms with Crippen molar-refractivity contribution < 1.29 is 9.47 Å². The summed E-state index contributed by atoms with van der Waals surface area (Å²) in [5.74, 6) is 4.67. The SMILES string of the molecule is Nc1ccc(Oc2ccc(C3(c4ccc(Oc5ccc(N)cc5)cc4C4CCCCC4)CCCCC3)c(C3CCCCC3)c2)cc1. The zero-order valence-electron chi connectivity index (χ0n) is 27.3. The molecule has 4 nitrogen and oxygen atoms in total. The van der Waals surface area contributed by atoms with Crippen LogP contribution < -0.4 is 20.9 Å². The quantitative estimate of drug-likeness (QED) is 0.194. The average molecular weight is 615 g/mol. The Morgan fingerprint density at radius 3 is 1.22 bits per heavy atom. The predicted octanol–water partition coefficient (Wildman–Crippen LogP) is 11.8. The van der Waals surface area contributed by atoms with Crippen LogP contribution in [0.25, 0.3) is 0 Å². The standard InChI is InChI=1S/C42H50N2O2/c43-32-14-18-34(19-15-32)45-36-22-24-40(38(28-36)30-10-4-1-5-11-30)42(26-8-3-9-27-42)41-25-23-37(46-35-20-16-33(44)17-21-35)29-39(41)31-12-6-2-7-13-31/h14-25,28-31H,1-13,26-27,43-44H2. The molecule has 0 spiro atoms. The van der Waals surface area contributed by atoms with Crippen LogP contribution in [-0.2, 0) is 5.41 Å². The van der Waals surface area contributed by atoms with Gasteiger partial charge in [-0.3, -0.25) is 0 Å². The molecule has 0 amide bonds. The van der Waals surface area contributed by atoms with Crippen molar-refractivity contribution in [2.45, 2.75) is 114 Å². The van der Waals surface area contributed by atoms with Crippen LogP contribution in [0, 0.1) is 0 Å². The lowest BCUT2D eigenvalue weighted by Gasteiger charge is -2.43. The van der Waals surface area contributed by atoms with E-state index < -0.39 is 0 Å².